The number of nitrogens with one attached hydrogen (secondary N) is 2. The lowest BCUT2D eigenvalue weighted by Crippen LogP contribution is -2.37. The van der Waals surface area contributed by atoms with E-state index in [9.17, 15) is 0 Å². The van der Waals surface area contributed by atoms with Gasteiger partial charge in [0.25, 0.3) is 0 Å². The highest BCUT2D eigenvalue weighted by atomic mass is 127. The second kappa shape index (κ2) is 11.1. The van der Waals surface area contributed by atoms with Crippen LogP contribution in [-0.4, -0.2) is 38.8 Å². The Morgan fingerprint density at radius 3 is 2.64 bits per heavy atom. The molecule has 1 aromatic carbocycles. The Labute approximate surface area is 170 Å². The minimum atomic E-state index is 0. The van der Waals surface area contributed by atoms with E-state index in [2.05, 4.69) is 27.5 Å². The molecular weight excluding hydrogens is 451 g/mol. The summed E-state index contributed by atoms with van der Waals surface area (Å²) in [6, 6.07) is 5.77. The minimum Gasteiger partial charge on any atom is -0.497 e. The standard InChI is InChI=1S/C17H24N4O2S.HI/c1-12-10-20-16(24-12)7-8-19-17(18-2)21-11-13-5-6-14(22-3)9-15(13)23-4;/h5-6,9-10H,7-8,11H2,1-4H3,(H2,18,19,21);1H. The molecule has 25 heavy (non-hydrogen) atoms. The van der Waals surface area contributed by atoms with Crippen molar-refractivity contribution in [1.29, 1.82) is 0 Å². The van der Waals surface area contributed by atoms with Crippen LogP contribution in [-0.2, 0) is 13.0 Å². The van der Waals surface area contributed by atoms with Gasteiger partial charge in [0, 0.05) is 49.3 Å². The first kappa shape index (κ1) is 21.5. The van der Waals surface area contributed by atoms with Crippen molar-refractivity contribution in [2.24, 2.45) is 4.99 Å². The van der Waals surface area contributed by atoms with Crippen LogP contribution < -0.4 is 20.1 Å². The Balaban J connectivity index is 0.00000312. The molecule has 1 heterocycles. The van der Waals surface area contributed by atoms with E-state index in [0.717, 1.165) is 41.0 Å². The maximum atomic E-state index is 5.41. The van der Waals surface area contributed by atoms with Crippen LogP contribution in [0.25, 0.3) is 0 Å². The SMILES string of the molecule is CN=C(NCCc1ncc(C)s1)NCc1ccc(OC)cc1OC.I. The van der Waals surface area contributed by atoms with Gasteiger partial charge in [-0.15, -0.1) is 35.3 Å². The summed E-state index contributed by atoms with van der Waals surface area (Å²) in [7, 11) is 5.05. The second-order valence-electron chi connectivity index (χ2n) is 5.14. The smallest absolute Gasteiger partial charge is 0.191 e. The molecule has 0 aliphatic heterocycles. The van der Waals surface area contributed by atoms with Crippen LogP contribution in [0.3, 0.4) is 0 Å². The Kier molecular flexibility index (Phi) is 9.58. The highest BCUT2D eigenvalue weighted by molar-refractivity contribution is 14.0. The van der Waals surface area contributed by atoms with E-state index in [1.165, 1.54) is 4.88 Å². The molecule has 0 radical (unpaired) electrons. The number of ether oxygens (including phenoxy) is 2. The third-order valence-electron chi connectivity index (χ3n) is 3.46. The second-order valence-corrected chi connectivity index (χ2v) is 6.46. The molecule has 2 aromatic rings. The molecule has 0 aliphatic carbocycles. The number of methoxy groups -OCH3 is 2. The normalized spacial score (nSPS) is 10.8. The number of hydrogen-bond donors (Lipinski definition) is 2. The topological polar surface area (TPSA) is 67.8 Å². The number of nitrogens with zero attached hydrogens (tertiary/aromatic N) is 2. The molecule has 0 aliphatic rings. The predicted molar refractivity (Wildman–Crippen MR) is 114 cm³/mol. The number of thiazole rings is 1. The van der Waals surface area contributed by atoms with Gasteiger partial charge in [-0.3, -0.25) is 4.99 Å². The van der Waals surface area contributed by atoms with Gasteiger partial charge < -0.3 is 20.1 Å². The third-order valence-corrected chi connectivity index (χ3v) is 4.44. The van der Waals surface area contributed by atoms with Gasteiger partial charge >= 0.3 is 0 Å². The van der Waals surface area contributed by atoms with Crippen molar-refractivity contribution in [2.45, 2.75) is 19.9 Å². The number of hydrogen-bond acceptors (Lipinski definition) is 5. The molecule has 0 fully saturated rings. The lowest BCUT2D eigenvalue weighted by Gasteiger charge is -2.14. The molecular formula is C17H25IN4O2S. The van der Waals surface area contributed by atoms with Crippen molar-refractivity contribution in [3.8, 4) is 11.5 Å². The first-order valence-corrected chi connectivity index (χ1v) is 8.54. The van der Waals surface area contributed by atoms with Gasteiger partial charge in [0.1, 0.15) is 11.5 Å². The number of aromatic nitrogens is 1. The van der Waals surface area contributed by atoms with Gasteiger partial charge in [-0.05, 0) is 19.1 Å². The lowest BCUT2D eigenvalue weighted by molar-refractivity contribution is 0.390. The van der Waals surface area contributed by atoms with Gasteiger partial charge in [0.15, 0.2) is 5.96 Å². The van der Waals surface area contributed by atoms with Gasteiger partial charge in [0.2, 0.25) is 0 Å². The van der Waals surface area contributed by atoms with E-state index in [0.29, 0.717) is 6.54 Å². The number of rotatable bonds is 7. The van der Waals surface area contributed by atoms with Crippen LogP contribution in [0.15, 0.2) is 29.4 Å². The van der Waals surface area contributed by atoms with Crippen LogP contribution in [0.4, 0.5) is 0 Å². The Morgan fingerprint density at radius 1 is 1.24 bits per heavy atom. The van der Waals surface area contributed by atoms with Crippen LogP contribution in [0.1, 0.15) is 15.4 Å². The van der Waals surface area contributed by atoms with E-state index in [4.69, 9.17) is 9.47 Å². The molecule has 0 saturated heterocycles. The van der Waals surface area contributed by atoms with Gasteiger partial charge in [-0.1, -0.05) is 0 Å². The monoisotopic (exact) mass is 476 g/mol. The summed E-state index contributed by atoms with van der Waals surface area (Å²) in [5, 5.41) is 7.72. The number of benzene rings is 1. The van der Waals surface area contributed by atoms with E-state index >= 15 is 0 Å². The zero-order chi connectivity index (χ0) is 17.4. The van der Waals surface area contributed by atoms with E-state index in [-0.39, 0.29) is 24.0 Å². The van der Waals surface area contributed by atoms with Gasteiger partial charge in [0.05, 0.1) is 19.2 Å². The van der Waals surface area contributed by atoms with Crippen molar-refractivity contribution in [2.75, 3.05) is 27.8 Å². The van der Waals surface area contributed by atoms with Crippen molar-refractivity contribution in [3.05, 3.63) is 39.8 Å². The fourth-order valence-electron chi connectivity index (χ4n) is 2.20. The Bertz CT molecular complexity index is 691. The number of guanidine groups is 1. The van der Waals surface area contributed by atoms with Gasteiger partial charge in [-0.2, -0.15) is 0 Å². The summed E-state index contributed by atoms with van der Waals surface area (Å²) in [6.07, 6.45) is 2.79. The Hall–Kier alpha value is -1.55. The molecule has 2 rings (SSSR count). The largest absolute Gasteiger partial charge is 0.497 e. The molecule has 1 aromatic heterocycles. The van der Waals surface area contributed by atoms with Crippen LogP contribution in [0, 0.1) is 6.92 Å². The van der Waals surface area contributed by atoms with Crippen molar-refractivity contribution in [3.63, 3.8) is 0 Å². The molecule has 0 bridgehead atoms. The summed E-state index contributed by atoms with van der Waals surface area (Å²) in [4.78, 5) is 9.84. The zero-order valence-electron chi connectivity index (χ0n) is 15.0. The quantitative estimate of drug-likeness (QED) is 0.366. The first-order valence-electron chi connectivity index (χ1n) is 7.73. The zero-order valence-corrected chi connectivity index (χ0v) is 18.1. The Morgan fingerprint density at radius 2 is 2.04 bits per heavy atom. The highest BCUT2D eigenvalue weighted by Gasteiger charge is 2.06. The van der Waals surface area contributed by atoms with Crippen molar-refractivity contribution >= 4 is 41.3 Å². The maximum Gasteiger partial charge on any atom is 0.191 e. The van der Waals surface area contributed by atoms with Crippen molar-refractivity contribution < 1.29 is 9.47 Å². The first-order chi connectivity index (χ1) is 11.7. The molecule has 0 unspecified atom stereocenters. The average molecular weight is 476 g/mol. The molecule has 0 amide bonds. The van der Waals surface area contributed by atoms with Gasteiger partial charge in [-0.25, -0.2) is 4.98 Å². The molecule has 2 N–H and O–H groups in total. The number of aliphatic imine (C=N–C) groups is 1. The summed E-state index contributed by atoms with van der Waals surface area (Å²) in [6.45, 7) is 3.47. The van der Waals surface area contributed by atoms with E-state index in [1.807, 2.05) is 24.4 Å². The highest BCUT2D eigenvalue weighted by Crippen LogP contribution is 2.24. The van der Waals surface area contributed by atoms with E-state index in [1.54, 1.807) is 32.6 Å². The fourth-order valence-corrected chi connectivity index (χ4v) is 2.99. The van der Waals surface area contributed by atoms with Crippen LogP contribution in [0.2, 0.25) is 0 Å². The summed E-state index contributed by atoms with van der Waals surface area (Å²) < 4.78 is 10.6. The molecule has 8 heteroatoms. The van der Waals surface area contributed by atoms with Crippen molar-refractivity contribution in [1.82, 2.24) is 15.6 Å². The summed E-state index contributed by atoms with van der Waals surface area (Å²) >= 11 is 1.73. The molecule has 6 nitrogen and oxygen atoms in total. The molecule has 0 spiro atoms. The average Bonchev–Trinajstić information content (AvgIpc) is 3.03. The lowest BCUT2D eigenvalue weighted by atomic mass is 10.2. The summed E-state index contributed by atoms with van der Waals surface area (Å²) in [5.74, 6) is 2.31. The summed E-state index contributed by atoms with van der Waals surface area (Å²) in [5.41, 5.74) is 1.04. The molecule has 0 atom stereocenters. The number of aryl methyl sites for hydroxylation is 1. The third kappa shape index (κ3) is 6.69. The van der Waals surface area contributed by atoms with E-state index < -0.39 is 0 Å². The fraction of sp³-hybridized carbons (Fsp3) is 0.412. The van der Waals surface area contributed by atoms with Crippen LogP contribution >= 0.6 is 35.3 Å². The number of halogens is 1. The maximum absolute atomic E-state index is 5.41. The molecule has 138 valence electrons. The van der Waals surface area contributed by atoms with Crippen LogP contribution in [0.5, 0.6) is 11.5 Å². The predicted octanol–water partition coefficient (Wildman–Crippen LogP) is 2.99. The minimum absolute atomic E-state index is 0. The molecule has 0 saturated carbocycles.